The van der Waals surface area contributed by atoms with E-state index in [-0.39, 0.29) is 0 Å². The minimum atomic E-state index is 0.322. The van der Waals surface area contributed by atoms with E-state index < -0.39 is 0 Å². The molecule has 0 fully saturated rings. The van der Waals surface area contributed by atoms with Gasteiger partial charge in [0.25, 0.3) is 0 Å². The SMILES string of the molecule is CC1=CN(C)C(C(C)(C)C)C=C1. The van der Waals surface area contributed by atoms with Gasteiger partial charge in [-0.3, -0.25) is 0 Å². The maximum Gasteiger partial charge on any atom is 0.0515 e. The van der Waals surface area contributed by atoms with Crippen molar-refractivity contribution in [3.8, 4) is 0 Å². The van der Waals surface area contributed by atoms with Gasteiger partial charge < -0.3 is 4.90 Å². The van der Waals surface area contributed by atoms with Crippen molar-refractivity contribution in [2.75, 3.05) is 7.05 Å². The molecule has 1 rings (SSSR count). The minimum absolute atomic E-state index is 0.322. The van der Waals surface area contributed by atoms with E-state index in [1.165, 1.54) is 5.57 Å². The van der Waals surface area contributed by atoms with Gasteiger partial charge in [0.2, 0.25) is 0 Å². The molecule has 1 aliphatic heterocycles. The average molecular weight is 165 g/mol. The number of hydrogen-bond acceptors (Lipinski definition) is 1. The van der Waals surface area contributed by atoms with Gasteiger partial charge in [0.1, 0.15) is 0 Å². The summed E-state index contributed by atoms with van der Waals surface area (Å²) >= 11 is 0. The molecule has 1 nitrogen and oxygen atoms in total. The topological polar surface area (TPSA) is 3.24 Å². The van der Waals surface area contributed by atoms with Crippen LogP contribution in [0.4, 0.5) is 0 Å². The first kappa shape index (κ1) is 9.37. The van der Waals surface area contributed by atoms with Crippen LogP contribution in [0.15, 0.2) is 23.9 Å². The van der Waals surface area contributed by atoms with Gasteiger partial charge in [-0.05, 0) is 17.9 Å². The predicted octanol–water partition coefficient (Wildman–Crippen LogP) is 2.81. The second-order valence-electron chi connectivity index (χ2n) is 4.71. The Bertz CT molecular complexity index is 218. The zero-order chi connectivity index (χ0) is 9.35. The molecule has 0 spiro atoms. The first-order valence-corrected chi connectivity index (χ1v) is 4.50. The molecule has 0 bridgehead atoms. The Balaban J connectivity index is 2.80. The number of allylic oxidation sites excluding steroid dienone is 2. The van der Waals surface area contributed by atoms with Crippen LogP contribution in [0.3, 0.4) is 0 Å². The average Bonchev–Trinajstić information content (AvgIpc) is 1.83. The molecule has 0 saturated heterocycles. The lowest BCUT2D eigenvalue weighted by Gasteiger charge is -2.37. The van der Waals surface area contributed by atoms with E-state index in [2.05, 4.69) is 58.0 Å². The summed E-state index contributed by atoms with van der Waals surface area (Å²) in [5.41, 5.74) is 1.65. The Labute approximate surface area is 75.8 Å². The lowest BCUT2D eigenvalue weighted by Crippen LogP contribution is -2.38. The van der Waals surface area contributed by atoms with Crippen molar-refractivity contribution in [3.63, 3.8) is 0 Å². The van der Waals surface area contributed by atoms with Gasteiger partial charge in [-0.15, -0.1) is 0 Å². The van der Waals surface area contributed by atoms with Gasteiger partial charge in [0.15, 0.2) is 0 Å². The molecule has 0 saturated carbocycles. The lowest BCUT2D eigenvalue weighted by atomic mass is 9.84. The van der Waals surface area contributed by atoms with Crippen molar-refractivity contribution in [2.45, 2.75) is 33.7 Å². The molecular formula is C11H19N. The van der Waals surface area contributed by atoms with Gasteiger partial charge >= 0.3 is 0 Å². The summed E-state index contributed by atoms with van der Waals surface area (Å²) in [4.78, 5) is 2.29. The van der Waals surface area contributed by atoms with Crippen molar-refractivity contribution < 1.29 is 0 Å². The fourth-order valence-electron chi connectivity index (χ4n) is 1.72. The predicted molar refractivity (Wildman–Crippen MR) is 53.9 cm³/mol. The van der Waals surface area contributed by atoms with E-state index in [1.54, 1.807) is 0 Å². The number of hydrogen-bond donors (Lipinski definition) is 0. The summed E-state index contributed by atoms with van der Waals surface area (Å²) in [5, 5.41) is 0. The van der Waals surface area contributed by atoms with Crippen LogP contribution in [0.5, 0.6) is 0 Å². The molecule has 1 heterocycles. The Morgan fingerprint density at radius 1 is 1.33 bits per heavy atom. The Hall–Kier alpha value is -0.720. The molecule has 1 heteroatoms. The molecule has 0 radical (unpaired) electrons. The molecule has 12 heavy (non-hydrogen) atoms. The lowest BCUT2D eigenvalue weighted by molar-refractivity contribution is 0.212. The maximum atomic E-state index is 2.29. The third kappa shape index (κ3) is 1.90. The van der Waals surface area contributed by atoms with Crippen molar-refractivity contribution in [3.05, 3.63) is 23.9 Å². The van der Waals surface area contributed by atoms with E-state index in [4.69, 9.17) is 0 Å². The van der Waals surface area contributed by atoms with Crippen LogP contribution in [-0.4, -0.2) is 18.0 Å². The van der Waals surface area contributed by atoms with Crippen molar-refractivity contribution in [1.82, 2.24) is 4.90 Å². The molecule has 1 aliphatic rings. The zero-order valence-corrected chi connectivity index (χ0v) is 8.76. The molecule has 0 aromatic carbocycles. The number of likely N-dealkylation sites (N-methyl/N-ethyl adjacent to an activating group) is 1. The molecule has 0 amide bonds. The zero-order valence-electron chi connectivity index (χ0n) is 8.76. The fraction of sp³-hybridized carbons (Fsp3) is 0.636. The Morgan fingerprint density at radius 3 is 2.33 bits per heavy atom. The highest BCUT2D eigenvalue weighted by atomic mass is 15.1. The molecule has 68 valence electrons. The second kappa shape index (κ2) is 2.96. The highest BCUT2D eigenvalue weighted by Gasteiger charge is 2.25. The van der Waals surface area contributed by atoms with Crippen molar-refractivity contribution in [2.24, 2.45) is 5.41 Å². The second-order valence-corrected chi connectivity index (χ2v) is 4.71. The smallest absolute Gasteiger partial charge is 0.0515 e. The normalized spacial score (nSPS) is 24.2. The summed E-state index contributed by atoms with van der Waals surface area (Å²) in [7, 11) is 2.14. The van der Waals surface area contributed by atoms with Crippen LogP contribution in [0.2, 0.25) is 0 Å². The third-order valence-electron chi connectivity index (χ3n) is 2.27. The van der Waals surface area contributed by atoms with E-state index in [0.717, 1.165) is 0 Å². The minimum Gasteiger partial charge on any atom is -0.373 e. The van der Waals surface area contributed by atoms with Crippen LogP contribution in [0.25, 0.3) is 0 Å². The van der Waals surface area contributed by atoms with Gasteiger partial charge in [-0.2, -0.15) is 0 Å². The Morgan fingerprint density at radius 2 is 1.92 bits per heavy atom. The largest absolute Gasteiger partial charge is 0.373 e. The number of rotatable bonds is 0. The molecule has 1 unspecified atom stereocenters. The molecule has 0 aromatic rings. The molecule has 1 atom stereocenters. The summed E-state index contributed by atoms with van der Waals surface area (Å²) in [6, 6.07) is 0.529. The summed E-state index contributed by atoms with van der Waals surface area (Å²) in [6.45, 7) is 8.94. The van der Waals surface area contributed by atoms with Gasteiger partial charge in [0, 0.05) is 13.2 Å². The fourth-order valence-corrected chi connectivity index (χ4v) is 1.72. The first-order chi connectivity index (χ1) is 5.41. The van der Waals surface area contributed by atoms with Crippen molar-refractivity contribution >= 4 is 0 Å². The molecule has 0 aliphatic carbocycles. The highest BCUT2D eigenvalue weighted by molar-refractivity contribution is 5.23. The summed E-state index contributed by atoms with van der Waals surface area (Å²) in [6.07, 6.45) is 6.70. The van der Waals surface area contributed by atoms with E-state index >= 15 is 0 Å². The van der Waals surface area contributed by atoms with E-state index in [9.17, 15) is 0 Å². The van der Waals surface area contributed by atoms with Crippen LogP contribution < -0.4 is 0 Å². The Kier molecular flexibility index (Phi) is 2.31. The van der Waals surface area contributed by atoms with Crippen LogP contribution >= 0.6 is 0 Å². The maximum absolute atomic E-state index is 2.29. The van der Waals surface area contributed by atoms with Gasteiger partial charge in [0.05, 0.1) is 6.04 Å². The third-order valence-corrected chi connectivity index (χ3v) is 2.27. The standard InChI is InChI=1S/C11H19N/c1-9-6-7-10(11(2,3)4)12(5)8-9/h6-8,10H,1-5H3. The quantitative estimate of drug-likeness (QED) is 0.533. The van der Waals surface area contributed by atoms with Crippen LogP contribution in [-0.2, 0) is 0 Å². The first-order valence-electron chi connectivity index (χ1n) is 4.50. The molecular weight excluding hydrogens is 146 g/mol. The molecule has 0 aromatic heterocycles. The monoisotopic (exact) mass is 165 g/mol. The molecule has 0 N–H and O–H groups in total. The van der Waals surface area contributed by atoms with E-state index in [0.29, 0.717) is 11.5 Å². The summed E-state index contributed by atoms with van der Waals surface area (Å²) in [5.74, 6) is 0. The van der Waals surface area contributed by atoms with E-state index in [1.807, 2.05) is 0 Å². The number of nitrogens with zero attached hydrogens (tertiary/aromatic N) is 1. The highest BCUT2D eigenvalue weighted by Crippen LogP contribution is 2.27. The van der Waals surface area contributed by atoms with Gasteiger partial charge in [-0.1, -0.05) is 32.9 Å². The van der Waals surface area contributed by atoms with Gasteiger partial charge in [-0.25, -0.2) is 0 Å². The van der Waals surface area contributed by atoms with Crippen molar-refractivity contribution in [1.29, 1.82) is 0 Å². The summed E-state index contributed by atoms with van der Waals surface area (Å²) < 4.78 is 0. The van der Waals surface area contributed by atoms with Crippen LogP contribution in [0.1, 0.15) is 27.7 Å². The van der Waals surface area contributed by atoms with Crippen LogP contribution in [0, 0.1) is 5.41 Å².